The van der Waals surface area contributed by atoms with Gasteiger partial charge in [-0.15, -0.1) is 0 Å². The van der Waals surface area contributed by atoms with E-state index in [1.807, 2.05) is 12.1 Å². The Kier molecular flexibility index (Phi) is 6.26. The second kappa shape index (κ2) is 9.47. The van der Waals surface area contributed by atoms with Crippen molar-refractivity contribution in [2.24, 2.45) is 0 Å². The molecular formula is C25H32N6O2. The van der Waals surface area contributed by atoms with Crippen LogP contribution in [0.1, 0.15) is 55.8 Å². The highest BCUT2D eigenvalue weighted by Gasteiger charge is 2.27. The van der Waals surface area contributed by atoms with E-state index in [1.165, 1.54) is 36.9 Å². The average Bonchev–Trinajstić information content (AvgIpc) is 3.43. The summed E-state index contributed by atoms with van der Waals surface area (Å²) in [5.74, 6) is 1.25. The van der Waals surface area contributed by atoms with Crippen LogP contribution in [-0.4, -0.2) is 56.1 Å². The molecule has 0 aromatic carbocycles. The minimum absolute atomic E-state index is 0.0371. The molecule has 1 aliphatic carbocycles. The molecule has 1 saturated carbocycles. The number of aryl methyl sites for hydroxylation is 1. The third kappa shape index (κ3) is 4.57. The molecule has 8 heteroatoms. The van der Waals surface area contributed by atoms with Crippen molar-refractivity contribution < 1.29 is 9.53 Å². The topological polar surface area (TPSA) is 85.2 Å². The summed E-state index contributed by atoms with van der Waals surface area (Å²) in [6.45, 7) is 6.34. The first-order valence-corrected chi connectivity index (χ1v) is 12.0. The van der Waals surface area contributed by atoms with Crippen molar-refractivity contribution in [3.05, 3.63) is 42.0 Å². The van der Waals surface area contributed by atoms with Crippen molar-refractivity contribution in [3.63, 3.8) is 0 Å². The lowest BCUT2D eigenvalue weighted by Crippen LogP contribution is -2.42. The fourth-order valence-corrected chi connectivity index (χ4v) is 5.26. The Hall–Kier alpha value is -3.00. The van der Waals surface area contributed by atoms with Gasteiger partial charge in [0.25, 0.3) is 0 Å². The van der Waals surface area contributed by atoms with E-state index in [2.05, 4.69) is 43.6 Å². The monoisotopic (exact) mass is 448 g/mol. The lowest BCUT2D eigenvalue weighted by atomic mass is 10.1. The Labute approximate surface area is 194 Å². The van der Waals surface area contributed by atoms with Gasteiger partial charge in [-0.1, -0.05) is 18.9 Å². The summed E-state index contributed by atoms with van der Waals surface area (Å²) in [4.78, 5) is 27.8. The lowest BCUT2D eigenvalue weighted by molar-refractivity contribution is -0.117. The van der Waals surface area contributed by atoms with E-state index in [1.54, 1.807) is 18.6 Å². The molecule has 0 spiro atoms. The highest BCUT2D eigenvalue weighted by molar-refractivity contribution is 5.91. The van der Waals surface area contributed by atoms with Gasteiger partial charge in [0, 0.05) is 31.0 Å². The van der Waals surface area contributed by atoms with Crippen molar-refractivity contribution >= 4 is 22.8 Å². The standard InChI is InChI=1S/C25H32N6O2/c1-17-18(2)31(19-7-3-4-8-19)24-23(17)25(28-16-27-24)33-20-10-13-30(14-11-20)15-22(32)29-21-9-5-6-12-26-21/h5-6,9,12,16,19-20H,3-4,7-8,10-11,13-15H2,1-2H3,(H,26,29,32). The molecule has 1 saturated heterocycles. The number of amides is 1. The van der Waals surface area contributed by atoms with Crippen LogP contribution in [0.3, 0.4) is 0 Å². The minimum Gasteiger partial charge on any atom is -0.474 e. The number of hydrogen-bond donors (Lipinski definition) is 1. The van der Waals surface area contributed by atoms with Gasteiger partial charge in [0.2, 0.25) is 11.8 Å². The number of carbonyl (C=O) groups excluding carboxylic acids is 1. The SMILES string of the molecule is Cc1c(C)n(C2CCCC2)c2ncnc(OC3CCN(CC(=O)Nc4ccccn4)CC3)c12. The molecule has 1 aliphatic heterocycles. The Balaban J connectivity index is 1.22. The Morgan fingerprint density at radius 1 is 1.09 bits per heavy atom. The normalized spacial score (nSPS) is 18.1. The van der Waals surface area contributed by atoms with Crippen molar-refractivity contribution in [2.45, 2.75) is 64.5 Å². The van der Waals surface area contributed by atoms with Gasteiger partial charge in [0.1, 0.15) is 23.9 Å². The maximum absolute atomic E-state index is 12.3. The van der Waals surface area contributed by atoms with Gasteiger partial charge < -0.3 is 14.6 Å². The molecule has 2 aliphatic rings. The van der Waals surface area contributed by atoms with Gasteiger partial charge in [0.05, 0.1) is 11.9 Å². The molecule has 1 amide bonds. The molecule has 5 rings (SSSR count). The van der Waals surface area contributed by atoms with Gasteiger partial charge in [-0.05, 0) is 57.2 Å². The molecule has 0 atom stereocenters. The van der Waals surface area contributed by atoms with E-state index in [0.29, 0.717) is 24.3 Å². The molecular weight excluding hydrogens is 416 g/mol. The number of nitrogens with one attached hydrogen (secondary N) is 1. The average molecular weight is 449 g/mol. The van der Waals surface area contributed by atoms with Crippen LogP contribution in [-0.2, 0) is 4.79 Å². The number of nitrogens with zero attached hydrogens (tertiary/aromatic N) is 5. The van der Waals surface area contributed by atoms with E-state index < -0.39 is 0 Å². The smallest absolute Gasteiger partial charge is 0.239 e. The molecule has 4 heterocycles. The summed E-state index contributed by atoms with van der Waals surface area (Å²) < 4.78 is 8.84. The zero-order valence-electron chi connectivity index (χ0n) is 19.5. The summed E-state index contributed by atoms with van der Waals surface area (Å²) in [7, 11) is 0. The fourth-order valence-electron chi connectivity index (χ4n) is 5.26. The quantitative estimate of drug-likeness (QED) is 0.613. The third-order valence-corrected chi connectivity index (χ3v) is 7.10. The molecule has 1 N–H and O–H groups in total. The second-order valence-electron chi connectivity index (χ2n) is 9.25. The molecule has 0 radical (unpaired) electrons. The van der Waals surface area contributed by atoms with Crippen molar-refractivity contribution in [1.29, 1.82) is 0 Å². The number of aromatic nitrogens is 4. The Morgan fingerprint density at radius 3 is 2.61 bits per heavy atom. The summed E-state index contributed by atoms with van der Waals surface area (Å²) in [6.07, 6.45) is 10.1. The van der Waals surface area contributed by atoms with Gasteiger partial charge in [-0.25, -0.2) is 15.0 Å². The third-order valence-electron chi connectivity index (χ3n) is 7.10. The zero-order valence-corrected chi connectivity index (χ0v) is 19.5. The number of likely N-dealkylation sites (tertiary alicyclic amines) is 1. The molecule has 33 heavy (non-hydrogen) atoms. The second-order valence-corrected chi connectivity index (χ2v) is 9.25. The molecule has 8 nitrogen and oxygen atoms in total. The molecule has 0 bridgehead atoms. The number of ether oxygens (including phenoxy) is 1. The molecule has 174 valence electrons. The molecule has 2 fully saturated rings. The van der Waals surface area contributed by atoms with Crippen LogP contribution in [0.4, 0.5) is 5.82 Å². The van der Waals surface area contributed by atoms with Crippen LogP contribution in [0.5, 0.6) is 5.88 Å². The Morgan fingerprint density at radius 2 is 1.88 bits per heavy atom. The van der Waals surface area contributed by atoms with E-state index in [4.69, 9.17) is 4.74 Å². The first kappa shape index (κ1) is 21.8. The number of carbonyl (C=O) groups is 1. The number of pyridine rings is 1. The van der Waals surface area contributed by atoms with Crippen LogP contribution in [0.2, 0.25) is 0 Å². The van der Waals surface area contributed by atoms with Crippen LogP contribution in [0, 0.1) is 13.8 Å². The minimum atomic E-state index is -0.0371. The lowest BCUT2D eigenvalue weighted by Gasteiger charge is -2.31. The Bertz CT molecular complexity index is 1110. The van der Waals surface area contributed by atoms with Gasteiger partial charge in [-0.2, -0.15) is 0 Å². The number of anilines is 1. The predicted octanol–water partition coefficient (Wildman–Crippen LogP) is 4.04. The van der Waals surface area contributed by atoms with Crippen molar-refractivity contribution in [2.75, 3.05) is 25.0 Å². The van der Waals surface area contributed by atoms with Crippen molar-refractivity contribution in [1.82, 2.24) is 24.4 Å². The summed E-state index contributed by atoms with van der Waals surface area (Å²) in [5.41, 5.74) is 3.50. The molecule has 3 aromatic heterocycles. The van der Waals surface area contributed by atoms with Crippen molar-refractivity contribution in [3.8, 4) is 5.88 Å². The van der Waals surface area contributed by atoms with E-state index in [9.17, 15) is 4.79 Å². The van der Waals surface area contributed by atoms with E-state index in [0.717, 1.165) is 37.0 Å². The summed E-state index contributed by atoms with van der Waals surface area (Å²) in [5, 5.41) is 3.91. The van der Waals surface area contributed by atoms with Crippen LogP contribution in [0.15, 0.2) is 30.7 Å². The highest BCUT2D eigenvalue weighted by atomic mass is 16.5. The number of hydrogen-bond acceptors (Lipinski definition) is 6. The first-order valence-electron chi connectivity index (χ1n) is 12.0. The number of piperidine rings is 1. The molecule has 0 unspecified atom stereocenters. The van der Waals surface area contributed by atoms with Gasteiger partial charge >= 0.3 is 0 Å². The van der Waals surface area contributed by atoms with Crippen LogP contribution < -0.4 is 10.1 Å². The zero-order chi connectivity index (χ0) is 22.8. The maximum Gasteiger partial charge on any atom is 0.239 e. The van der Waals surface area contributed by atoms with E-state index >= 15 is 0 Å². The highest BCUT2D eigenvalue weighted by Crippen LogP contribution is 2.38. The number of rotatable bonds is 6. The van der Waals surface area contributed by atoms with E-state index in [-0.39, 0.29) is 12.0 Å². The fraction of sp³-hybridized carbons (Fsp3) is 0.520. The summed E-state index contributed by atoms with van der Waals surface area (Å²) in [6, 6.07) is 6.02. The summed E-state index contributed by atoms with van der Waals surface area (Å²) >= 11 is 0. The van der Waals surface area contributed by atoms with Crippen LogP contribution in [0.25, 0.3) is 11.0 Å². The van der Waals surface area contributed by atoms with Gasteiger partial charge in [0.15, 0.2) is 0 Å². The molecule has 3 aromatic rings. The first-order chi connectivity index (χ1) is 16.1. The number of fused-ring (bicyclic) bond motifs is 1. The predicted molar refractivity (Wildman–Crippen MR) is 127 cm³/mol. The maximum atomic E-state index is 12.3. The largest absolute Gasteiger partial charge is 0.474 e. The van der Waals surface area contributed by atoms with Crippen LogP contribution >= 0.6 is 0 Å². The van der Waals surface area contributed by atoms with Gasteiger partial charge in [-0.3, -0.25) is 9.69 Å².